The van der Waals surface area contributed by atoms with Gasteiger partial charge in [-0.05, 0) is 48.2 Å². The van der Waals surface area contributed by atoms with E-state index in [-0.39, 0.29) is 11.0 Å². The summed E-state index contributed by atoms with van der Waals surface area (Å²) in [5.74, 6) is 0. The van der Waals surface area contributed by atoms with E-state index >= 15 is 0 Å². The molecule has 0 fully saturated rings. The van der Waals surface area contributed by atoms with Crippen LogP contribution >= 0.6 is 0 Å². The molecule has 1 aliphatic carbocycles. The number of benzene rings is 2. The molecule has 2 aliphatic rings. The van der Waals surface area contributed by atoms with E-state index in [1.165, 1.54) is 39.1 Å². The predicted molar refractivity (Wildman–Crippen MR) is 109 cm³/mol. The maximum absolute atomic E-state index is 4.74. The summed E-state index contributed by atoms with van der Waals surface area (Å²) in [4.78, 5) is 7.16. The van der Waals surface area contributed by atoms with E-state index in [1.54, 1.807) is 0 Å². The van der Waals surface area contributed by atoms with Gasteiger partial charge in [0.05, 0.1) is 11.2 Å². The zero-order chi connectivity index (χ0) is 18.3. The van der Waals surface area contributed by atoms with Crippen LogP contribution in [0.25, 0.3) is 22.4 Å². The number of fused-ring (bicyclic) bond motifs is 7. The summed E-state index contributed by atoms with van der Waals surface area (Å²) in [5, 5.41) is 0. The summed E-state index contributed by atoms with van der Waals surface area (Å²) in [5.41, 5.74) is 10.5. The normalized spacial score (nSPS) is 18.0. The van der Waals surface area contributed by atoms with Crippen LogP contribution in [-0.4, -0.2) is 12.0 Å². The number of rotatable bonds is 0. The molecule has 0 unspecified atom stereocenters. The van der Waals surface area contributed by atoms with Crippen LogP contribution in [0.2, 0.25) is 0 Å². The van der Waals surface area contributed by atoms with Crippen molar-refractivity contribution >= 4 is 5.69 Å². The summed E-state index contributed by atoms with van der Waals surface area (Å²) >= 11 is 0. The Bertz CT molecular complexity index is 1060. The van der Waals surface area contributed by atoms with Gasteiger partial charge < -0.3 is 4.90 Å². The molecule has 1 aromatic heterocycles. The van der Waals surface area contributed by atoms with Crippen LogP contribution in [0, 0.1) is 0 Å². The SMILES string of the molecule is CN1c2ccc3c(c2-c2ccccc2C1(C)C)C(C)(C)c1cccnc1-3. The van der Waals surface area contributed by atoms with Gasteiger partial charge >= 0.3 is 0 Å². The molecule has 1 aliphatic heterocycles. The fraction of sp³-hybridized carbons (Fsp3) is 0.292. The molecule has 2 heteroatoms. The van der Waals surface area contributed by atoms with Gasteiger partial charge in [-0.15, -0.1) is 0 Å². The zero-order valence-corrected chi connectivity index (χ0v) is 16.1. The van der Waals surface area contributed by atoms with Gasteiger partial charge in [0, 0.05) is 35.5 Å². The molecule has 0 amide bonds. The average molecular weight is 340 g/mol. The first-order valence-corrected chi connectivity index (χ1v) is 9.32. The fourth-order valence-corrected chi connectivity index (χ4v) is 4.97. The van der Waals surface area contributed by atoms with Crippen molar-refractivity contribution in [2.45, 2.75) is 38.6 Å². The lowest BCUT2D eigenvalue weighted by Crippen LogP contribution is -2.42. The standard InChI is InChI=1S/C24H24N2/c1-23(2)18-11-8-14-25-22(18)16-12-13-19-20(21(16)23)15-9-6-7-10-17(15)24(3,4)26(19)5/h6-14H,1-5H3. The van der Waals surface area contributed by atoms with Crippen molar-refractivity contribution in [1.82, 2.24) is 4.98 Å². The molecule has 0 saturated carbocycles. The van der Waals surface area contributed by atoms with Gasteiger partial charge in [0.2, 0.25) is 0 Å². The Morgan fingerprint density at radius 3 is 2.35 bits per heavy atom. The molecule has 26 heavy (non-hydrogen) atoms. The van der Waals surface area contributed by atoms with Crippen molar-refractivity contribution in [3.63, 3.8) is 0 Å². The molecule has 0 atom stereocenters. The van der Waals surface area contributed by atoms with Gasteiger partial charge in [0.25, 0.3) is 0 Å². The third-order valence-electron chi connectivity index (χ3n) is 6.60. The Hall–Kier alpha value is -2.61. The Morgan fingerprint density at radius 2 is 1.54 bits per heavy atom. The molecule has 5 rings (SSSR count). The number of hydrogen-bond donors (Lipinski definition) is 0. The van der Waals surface area contributed by atoms with Gasteiger partial charge in [-0.3, -0.25) is 4.98 Å². The molecule has 130 valence electrons. The third-order valence-corrected chi connectivity index (χ3v) is 6.60. The first-order chi connectivity index (χ1) is 12.3. The molecule has 2 heterocycles. The number of aromatic nitrogens is 1. The molecule has 3 aromatic rings. The number of anilines is 1. The minimum atomic E-state index is -0.0558. The van der Waals surface area contributed by atoms with Gasteiger partial charge in [-0.1, -0.05) is 50.2 Å². The lowest BCUT2D eigenvalue weighted by molar-refractivity contribution is 0.509. The summed E-state index contributed by atoms with van der Waals surface area (Å²) in [6.07, 6.45) is 1.91. The minimum Gasteiger partial charge on any atom is -0.365 e. The summed E-state index contributed by atoms with van der Waals surface area (Å²) in [6, 6.07) is 17.7. The molecule has 2 aromatic carbocycles. The van der Waals surface area contributed by atoms with Crippen LogP contribution in [0.4, 0.5) is 5.69 Å². The Balaban J connectivity index is 1.93. The smallest absolute Gasteiger partial charge is 0.0746 e. The van der Waals surface area contributed by atoms with E-state index in [2.05, 4.69) is 88.2 Å². The highest BCUT2D eigenvalue weighted by Gasteiger charge is 2.43. The monoisotopic (exact) mass is 340 g/mol. The highest BCUT2D eigenvalue weighted by molar-refractivity contribution is 5.96. The highest BCUT2D eigenvalue weighted by Crippen LogP contribution is 2.57. The van der Waals surface area contributed by atoms with Crippen LogP contribution in [0.1, 0.15) is 44.4 Å². The minimum absolute atomic E-state index is 0.0360. The van der Waals surface area contributed by atoms with Crippen molar-refractivity contribution in [2.24, 2.45) is 0 Å². The molecule has 0 saturated heterocycles. The van der Waals surface area contributed by atoms with E-state index in [4.69, 9.17) is 4.98 Å². The second-order valence-electron chi connectivity index (χ2n) is 8.57. The molecular formula is C24H24N2. The van der Waals surface area contributed by atoms with Crippen LogP contribution in [0.15, 0.2) is 54.7 Å². The van der Waals surface area contributed by atoms with Gasteiger partial charge in [0.1, 0.15) is 0 Å². The van der Waals surface area contributed by atoms with E-state index in [0.717, 1.165) is 5.69 Å². The Kier molecular flexibility index (Phi) is 2.86. The van der Waals surface area contributed by atoms with Crippen molar-refractivity contribution in [3.8, 4) is 22.4 Å². The first kappa shape index (κ1) is 15.6. The van der Waals surface area contributed by atoms with Crippen molar-refractivity contribution in [1.29, 1.82) is 0 Å². The lowest BCUT2D eigenvalue weighted by Gasteiger charge is -2.45. The van der Waals surface area contributed by atoms with Gasteiger partial charge in [-0.25, -0.2) is 0 Å². The lowest BCUT2D eigenvalue weighted by atomic mass is 9.73. The topological polar surface area (TPSA) is 16.1 Å². The van der Waals surface area contributed by atoms with Crippen LogP contribution in [0.3, 0.4) is 0 Å². The third kappa shape index (κ3) is 1.70. The van der Waals surface area contributed by atoms with Crippen molar-refractivity contribution in [2.75, 3.05) is 11.9 Å². The second kappa shape index (κ2) is 4.76. The molecular weight excluding hydrogens is 316 g/mol. The zero-order valence-electron chi connectivity index (χ0n) is 16.1. The number of hydrogen-bond acceptors (Lipinski definition) is 2. The first-order valence-electron chi connectivity index (χ1n) is 9.32. The molecule has 0 spiro atoms. The van der Waals surface area contributed by atoms with Gasteiger partial charge in [0.15, 0.2) is 0 Å². The molecule has 2 nitrogen and oxygen atoms in total. The van der Waals surface area contributed by atoms with Crippen molar-refractivity contribution in [3.05, 3.63) is 71.4 Å². The number of pyridine rings is 1. The van der Waals surface area contributed by atoms with Crippen LogP contribution in [0.5, 0.6) is 0 Å². The van der Waals surface area contributed by atoms with Crippen LogP contribution in [-0.2, 0) is 11.0 Å². The quantitative estimate of drug-likeness (QED) is 0.519. The summed E-state index contributed by atoms with van der Waals surface area (Å²) in [7, 11) is 2.22. The second-order valence-corrected chi connectivity index (χ2v) is 8.57. The van der Waals surface area contributed by atoms with Gasteiger partial charge in [-0.2, -0.15) is 0 Å². The molecule has 0 N–H and O–H groups in total. The average Bonchev–Trinajstić information content (AvgIpc) is 2.88. The van der Waals surface area contributed by atoms with Crippen LogP contribution < -0.4 is 4.90 Å². The molecule has 0 bridgehead atoms. The summed E-state index contributed by atoms with van der Waals surface area (Å²) < 4.78 is 0. The van der Waals surface area contributed by atoms with E-state index in [0.29, 0.717) is 0 Å². The highest BCUT2D eigenvalue weighted by atomic mass is 15.2. The summed E-state index contributed by atoms with van der Waals surface area (Å²) in [6.45, 7) is 9.29. The maximum Gasteiger partial charge on any atom is 0.0746 e. The van der Waals surface area contributed by atoms with E-state index in [1.807, 2.05) is 6.20 Å². The Morgan fingerprint density at radius 1 is 0.808 bits per heavy atom. The van der Waals surface area contributed by atoms with Crippen molar-refractivity contribution < 1.29 is 0 Å². The van der Waals surface area contributed by atoms with E-state index < -0.39 is 0 Å². The predicted octanol–water partition coefficient (Wildman–Crippen LogP) is 5.74. The Labute approximate surface area is 155 Å². The number of nitrogens with zero attached hydrogens (tertiary/aromatic N) is 2. The molecule has 0 radical (unpaired) electrons. The largest absolute Gasteiger partial charge is 0.365 e. The fourth-order valence-electron chi connectivity index (χ4n) is 4.97. The van der Waals surface area contributed by atoms with E-state index in [9.17, 15) is 0 Å². The maximum atomic E-state index is 4.74.